The van der Waals surface area contributed by atoms with Crippen LogP contribution in [0.15, 0.2) is 16.6 Å². The largest absolute Gasteiger partial charge is 0.439 e. The molecule has 1 aliphatic heterocycles. The highest BCUT2D eigenvalue weighted by molar-refractivity contribution is 9.10. The zero-order valence-corrected chi connectivity index (χ0v) is 10.2. The van der Waals surface area contributed by atoms with E-state index in [1.807, 2.05) is 26.0 Å². The van der Waals surface area contributed by atoms with Gasteiger partial charge in [0.2, 0.25) is 0 Å². The number of alkyl carbamates (subject to hydrolysis) is 1. The molecule has 2 rings (SSSR count). The molecule has 1 fully saturated rings. The first kappa shape index (κ1) is 10.5. The Morgan fingerprint density at radius 1 is 1.40 bits per heavy atom. The first-order chi connectivity index (χ1) is 7.08. The number of carbonyl (C=O) groups is 1. The summed E-state index contributed by atoms with van der Waals surface area (Å²) in [6, 6.07) is 4.09. The molecule has 1 aromatic carbocycles. The third-order valence-corrected chi connectivity index (χ3v) is 3.76. The molecule has 3 nitrogen and oxygen atoms in total. The molecule has 80 valence electrons. The van der Waals surface area contributed by atoms with Crippen molar-refractivity contribution in [1.82, 2.24) is 5.32 Å². The van der Waals surface area contributed by atoms with Gasteiger partial charge in [-0.2, -0.15) is 0 Å². The van der Waals surface area contributed by atoms with Crippen molar-refractivity contribution < 1.29 is 9.53 Å². The van der Waals surface area contributed by atoms with Gasteiger partial charge in [-0.05, 0) is 30.5 Å². The number of nitrogens with one attached hydrogen (secondary N) is 1. The number of aryl methyl sites for hydroxylation is 2. The molecule has 1 unspecified atom stereocenters. The number of hydrogen-bond donors (Lipinski definition) is 1. The molecule has 0 aromatic heterocycles. The van der Waals surface area contributed by atoms with Gasteiger partial charge in [-0.1, -0.05) is 28.1 Å². The second-order valence-electron chi connectivity index (χ2n) is 3.74. The molecular formula is C11H12BrNO2. The summed E-state index contributed by atoms with van der Waals surface area (Å²) in [7, 11) is 0. The van der Waals surface area contributed by atoms with Gasteiger partial charge >= 0.3 is 6.09 Å². The molecule has 1 atom stereocenters. The Morgan fingerprint density at radius 3 is 2.47 bits per heavy atom. The van der Waals surface area contributed by atoms with Crippen LogP contribution < -0.4 is 5.32 Å². The lowest BCUT2D eigenvalue weighted by atomic mass is 10.0. The molecule has 0 aliphatic carbocycles. The van der Waals surface area contributed by atoms with Gasteiger partial charge < -0.3 is 10.1 Å². The fourth-order valence-corrected chi connectivity index (χ4v) is 1.97. The molecule has 0 saturated carbocycles. The summed E-state index contributed by atoms with van der Waals surface area (Å²) in [6.45, 7) is 4.62. The Kier molecular flexibility index (Phi) is 2.69. The van der Waals surface area contributed by atoms with E-state index in [0.717, 1.165) is 21.2 Å². The summed E-state index contributed by atoms with van der Waals surface area (Å²) in [4.78, 5) is 10.9. The molecule has 1 heterocycles. The second-order valence-corrected chi connectivity index (χ2v) is 4.54. The maximum atomic E-state index is 10.9. The van der Waals surface area contributed by atoms with Crippen molar-refractivity contribution in [3.63, 3.8) is 0 Å². The number of benzene rings is 1. The van der Waals surface area contributed by atoms with E-state index in [-0.39, 0.29) is 12.2 Å². The first-order valence-electron chi connectivity index (χ1n) is 4.79. The molecule has 0 spiro atoms. The van der Waals surface area contributed by atoms with E-state index in [1.165, 1.54) is 0 Å². The summed E-state index contributed by atoms with van der Waals surface area (Å²) >= 11 is 3.51. The van der Waals surface area contributed by atoms with Crippen LogP contribution in [0.25, 0.3) is 0 Å². The monoisotopic (exact) mass is 269 g/mol. The van der Waals surface area contributed by atoms with Crippen molar-refractivity contribution in [2.75, 3.05) is 6.54 Å². The van der Waals surface area contributed by atoms with Crippen molar-refractivity contribution in [3.05, 3.63) is 33.3 Å². The van der Waals surface area contributed by atoms with E-state index in [4.69, 9.17) is 4.74 Å². The van der Waals surface area contributed by atoms with Crippen molar-refractivity contribution >= 4 is 22.0 Å². The van der Waals surface area contributed by atoms with Crippen molar-refractivity contribution in [1.29, 1.82) is 0 Å². The van der Waals surface area contributed by atoms with Crippen LogP contribution in [-0.2, 0) is 4.74 Å². The van der Waals surface area contributed by atoms with Crippen LogP contribution in [-0.4, -0.2) is 12.6 Å². The van der Waals surface area contributed by atoms with Crippen LogP contribution >= 0.6 is 15.9 Å². The maximum absolute atomic E-state index is 10.9. The third-order valence-electron chi connectivity index (χ3n) is 2.51. The summed E-state index contributed by atoms with van der Waals surface area (Å²) in [5, 5.41) is 2.65. The van der Waals surface area contributed by atoms with Crippen LogP contribution in [0.3, 0.4) is 0 Å². The van der Waals surface area contributed by atoms with Crippen LogP contribution in [0.4, 0.5) is 4.79 Å². The number of halogens is 1. The molecule has 1 amide bonds. The predicted octanol–water partition coefficient (Wildman–Crippen LogP) is 2.85. The highest BCUT2D eigenvalue weighted by Crippen LogP contribution is 2.28. The predicted molar refractivity (Wildman–Crippen MR) is 60.8 cm³/mol. The van der Waals surface area contributed by atoms with E-state index in [1.54, 1.807) is 0 Å². The van der Waals surface area contributed by atoms with Gasteiger partial charge in [-0.15, -0.1) is 0 Å². The molecule has 0 radical (unpaired) electrons. The van der Waals surface area contributed by atoms with Gasteiger partial charge in [0.15, 0.2) is 0 Å². The van der Waals surface area contributed by atoms with Gasteiger partial charge in [0.25, 0.3) is 0 Å². The number of amides is 1. The highest BCUT2D eigenvalue weighted by Gasteiger charge is 2.24. The lowest BCUT2D eigenvalue weighted by Crippen LogP contribution is -2.12. The lowest BCUT2D eigenvalue weighted by molar-refractivity contribution is 0.141. The van der Waals surface area contributed by atoms with Crippen LogP contribution in [0.5, 0.6) is 0 Å². The maximum Gasteiger partial charge on any atom is 0.407 e. The zero-order valence-electron chi connectivity index (χ0n) is 8.63. The van der Waals surface area contributed by atoms with Gasteiger partial charge in [0, 0.05) is 4.47 Å². The normalized spacial score (nSPS) is 19.9. The number of cyclic esters (lactones) is 1. The molecule has 1 saturated heterocycles. The minimum atomic E-state index is -0.335. The third kappa shape index (κ3) is 2.00. The number of rotatable bonds is 1. The minimum Gasteiger partial charge on any atom is -0.439 e. The van der Waals surface area contributed by atoms with Crippen molar-refractivity contribution in [2.24, 2.45) is 0 Å². The van der Waals surface area contributed by atoms with Crippen LogP contribution in [0.2, 0.25) is 0 Å². The van der Waals surface area contributed by atoms with Crippen molar-refractivity contribution in [2.45, 2.75) is 20.0 Å². The molecule has 1 N–H and O–H groups in total. The zero-order chi connectivity index (χ0) is 11.0. The van der Waals surface area contributed by atoms with Crippen molar-refractivity contribution in [3.8, 4) is 0 Å². The van der Waals surface area contributed by atoms with Gasteiger partial charge in [0.05, 0.1) is 6.54 Å². The topological polar surface area (TPSA) is 38.3 Å². The summed E-state index contributed by atoms with van der Waals surface area (Å²) < 4.78 is 6.25. The SMILES string of the molecule is Cc1cc(C2CNC(=O)O2)cc(C)c1Br. The molecule has 0 bridgehead atoms. The Balaban J connectivity index is 2.33. The average molecular weight is 270 g/mol. The number of hydrogen-bond acceptors (Lipinski definition) is 2. The Labute approximate surface area is 96.9 Å². The van der Waals surface area contributed by atoms with E-state index >= 15 is 0 Å². The Morgan fingerprint density at radius 2 is 2.00 bits per heavy atom. The molecule has 1 aliphatic rings. The van der Waals surface area contributed by atoms with Gasteiger partial charge in [0.1, 0.15) is 6.10 Å². The number of carbonyl (C=O) groups excluding carboxylic acids is 1. The summed E-state index contributed by atoms with van der Waals surface area (Å²) in [5.41, 5.74) is 3.37. The molecule has 4 heteroatoms. The standard InChI is InChI=1S/C11H12BrNO2/c1-6-3-8(4-7(2)10(6)12)9-5-13-11(14)15-9/h3-4,9H,5H2,1-2H3,(H,13,14). The van der Waals surface area contributed by atoms with Crippen LogP contribution in [0.1, 0.15) is 22.8 Å². The Bertz CT molecular complexity index is 394. The van der Waals surface area contributed by atoms with Gasteiger partial charge in [-0.3, -0.25) is 0 Å². The fourth-order valence-electron chi connectivity index (χ4n) is 1.74. The molecule has 15 heavy (non-hydrogen) atoms. The molecule has 1 aromatic rings. The second kappa shape index (κ2) is 3.85. The van der Waals surface area contributed by atoms with Gasteiger partial charge in [-0.25, -0.2) is 4.79 Å². The Hall–Kier alpha value is -1.03. The summed E-state index contributed by atoms with van der Waals surface area (Å²) in [6.07, 6.45) is -0.485. The first-order valence-corrected chi connectivity index (χ1v) is 5.58. The quantitative estimate of drug-likeness (QED) is 0.852. The molecular weight excluding hydrogens is 258 g/mol. The lowest BCUT2D eigenvalue weighted by Gasteiger charge is -2.11. The van der Waals surface area contributed by atoms with E-state index < -0.39 is 0 Å². The van der Waals surface area contributed by atoms with E-state index in [9.17, 15) is 4.79 Å². The smallest absolute Gasteiger partial charge is 0.407 e. The minimum absolute atomic E-state index is 0.150. The number of ether oxygens (including phenoxy) is 1. The summed E-state index contributed by atoms with van der Waals surface area (Å²) in [5.74, 6) is 0. The highest BCUT2D eigenvalue weighted by atomic mass is 79.9. The average Bonchev–Trinajstić information content (AvgIpc) is 2.60. The van der Waals surface area contributed by atoms with Crippen LogP contribution in [0, 0.1) is 13.8 Å². The van der Waals surface area contributed by atoms with E-state index in [0.29, 0.717) is 6.54 Å². The fraction of sp³-hybridized carbons (Fsp3) is 0.364. The van der Waals surface area contributed by atoms with E-state index in [2.05, 4.69) is 21.2 Å².